The summed E-state index contributed by atoms with van der Waals surface area (Å²) in [7, 11) is 0. The molecule has 0 aromatic heterocycles. The van der Waals surface area contributed by atoms with Crippen LogP contribution in [0.4, 0.5) is 0 Å². The van der Waals surface area contributed by atoms with Crippen LogP contribution in [0.25, 0.3) is 5.57 Å². The third-order valence-electron chi connectivity index (χ3n) is 5.28. The molecule has 32 heavy (non-hydrogen) atoms. The van der Waals surface area contributed by atoms with Gasteiger partial charge in [0.2, 0.25) is 0 Å². The molecule has 0 amide bonds. The maximum atomic E-state index is 2.30. The van der Waals surface area contributed by atoms with E-state index in [9.17, 15) is 0 Å². The molecule has 0 saturated carbocycles. The van der Waals surface area contributed by atoms with Gasteiger partial charge in [0.25, 0.3) is 0 Å². The van der Waals surface area contributed by atoms with E-state index in [-0.39, 0.29) is 0 Å². The fourth-order valence-corrected chi connectivity index (χ4v) is 8.44. The van der Waals surface area contributed by atoms with E-state index in [1.165, 1.54) is 42.1 Å². The number of aryl methyl sites for hydroxylation is 2. The van der Waals surface area contributed by atoms with Gasteiger partial charge < -0.3 is 0 Å². The monoisotopic (exact) mass is 548 g/mol. The molecule has 0 aliphatic heterocycles. The summed E-state index contributed by atoms with van der Waals surface area (Å²) in [5.74, 6) is 0. The van der Waals surface area contributed by atoms with E-state index in [0.29, 0.717) is 29.9 Å². The summed E-state index contributed by atoms with van der Waals surface area (Å²) < 4.78 is 4.52. The number of hydrogen-bond donors (Lipinski definition) is 0. The molecule has 0 unspecified atom stereocenters. The summed E-state index contributed by atoms with van der Waals surface area (Å²) in [5.41, 5.74) is 6.70. The molecule has 4 rings (SSSR count). The zero-order valence-electron chi connectivity index (χ0n) is 18.6. The van der Waals surface area contributed by atoms with Crippen LogP contribution in [0.15, 0.2) is 114 Å². The van der Waals surface area contributed by atoms with Crippen molar-refractivity contribution in [2.75, 3.05) is 0 Å². The first-order valence-corrected chi connectivity index (χ1v) is 14.7. The number of allylic oxidation sites excluding steroid dienone is 1. The van der Waals surface area contributed by atoms with Crippen LogP contribution in [-0.4, -0.2) is 29.9 Å². The van der Waals surface area contributed by atoms with Gasteiger partial charge in [-0.05, 0) is 0 Å². The van der Waals surface area contributed by atoms with Gasteiger partial charge in [-0.2, -0.15) is 0 Å². The number of hydrogen-bond acceptors (Lipinski definition) is 0. The number of rotatable bonds is 8. The Balaban J connectivity index is 1.75. The molecule has 0 nitrogen and oxygen atoms in total. The Morgan fingerprint density at radius 3 is 1.53 bits per heavy atom. The second kappa shape index (κ2) is 11.5. The maximum absolute atomic E-state index is 2.30. The molecule has 2 heteroatoms. The predicted octanol–water partition coefficient (Wildman–Crippen LogP) is 5.93. The van der Waals surface area contributed by atoms with Crippen molar-refractivity contribution < 1.29 is 0 Å². The first-order valence-electron chi connectivity index (χ1n) is 11.0. The molecule has 0 radical (unpaired) electrons. The predicted molar refractivity (Wildman–Crippen MR) is 141 cm³/mol. The molecule has 0 atom stereocenters. The van der Waals surface area contributed by atoms with Crippen molar-refractivity contribution in [2.24, 2.45) is 0 Å². The topological polar surface area (TPSA) is 0 Å². The van der Waals surface area contributed by atoms with Crippen LogP contribution in [0.3, 0.4) is 0 Å². The molecule has 0 aliphatic carbocycles. The molecular weight excluding hydrogens is 518 g/mol. The van der Waals surface area contributed by atoms with Gasteiger partial charge in [-0.25, -0.2) is 0 Å². The van der Waals surface area contributed by atoms with E-state index in [0.717, 1.165) is 6.42 Å². The Bertz CT molecular complexity index is 1100. The van der Waals surface area contributed by atoms with Crippen molar-refractivity contribution in [1.82, 2.24) is 0 Å². The van der Waals surface area contributed by atoms with E-state index in [2.05, 4.69) is 123 Å². The van der Waals surface area contributed by atoms with E-state index in [4.69, 9.17) is 0 Å². The molecule has 0 bridgehead atoms. The van der Waals surface area contributed by atoms with Crippen molar-refractivity contribution in [3.05, 3.63) is 136 Å². The van der Waals surface area contributed by atoms with Crippen molar-refractivity contribution >= 4 is 44.4 Å². The average Bonchev–Trinajstić information content (AvgIpc) is 2.83. The normalized spacial score (nSPS) is 10.7. The van der Waals surface area contributed by atoms with Gasteiger partial charge in [0.15, 0.2) is 0 Å². The number of benzene rings is 4. The van der Waals surface area contributed by atoms with Gasteiger partial charge in [-0.1, -0.05) is 0 Å². The molecule has 0 heterocycles. The van der Waals surface area contributed by atoms with Crippen LogP contribution >= 0.6 is 0 Å². The minimum atomic E-state index is 0.291. The van der Waals surface area contributed by atoms with Gasteiger partial charge in [-0.15, -0.1) is 0 Å². The third-order valence-corrected chi connectivity index (χ3v) is 9.85. The van der Waals surface area contributed by atoms with Gasteiger partial charge in [0, 0.05) is 0 Å². The Kier molecular flexibility index (Phi) is 8.21. The van der Waals surface area contributed by atoms with Crippen molar-refractivity contribution in [1.29, 1.82) is 0 Å². The van der Waals surface area contributed by atoms with E-state index in [1.807, 2.05) is 0 Å². The molecule has 0 N–H and O–H groups in total. The van der Waals surface area contributed by atoms with Crippen LogP contribution in [0, 0.1) is 13.8 Å². The molecule has 4 aromatic rings. The quantitative estimate of drug-likeness (QED) is 0.241. The van der Waals surface area contributed by atoms with Crippen LogP contribution < -0.4 is 8.92 Å². The zero-order valence-corrected chi connectivity index (χ0v) is 22.0. The molecule has 0 fully saturated rings. The third kappa shape index (κ3) is 6.35. The molecule has 0 saturated heterocycles. The fourth-order valence-electron chi connectivity index (χ4n) is 3.57. The standard InChI is InChI=1S/C30H28Se2/c1-23-13-17-25(18-14-23)30(26-19-15-24(2)16-20-26)29(32-28-11-7-4-8-12-28)21-22-31-27-9-5-3-6-10-27/h3-20H,21-22H2,1-2H3. The van der Waals surface area contributed by atoms with Crippen LogP contribution in [0.1, 0.15) is 28.7 Å². The Morgan fingerprint density at radius 2 is 1.03 bits per heavy atom. The second-order valence-electron chi connectivity index (χ2n) is 7.86. The molecular formula is C30H28Se2. The summed E-state index contributed by atoms with van der Waals surface area (Å²) in [6, 6.07) is 40.1. The Hall–Kier alpha value is -2.34. The first kappa shape index (κ1) is 22.8. The van der Waals surface area contributed by atoms with E-state index in [1.54, 1.807) is 4.47 Å². The Morgan fingerprint density at radius 1 is 0.562 bits per heavy atom. The fraction of sp³-hybridized carbons (Fsp3) is 0.133. The molecule has 160 valence electrons. The molecule has 4 aromatic carbocycles. The first-order chi connectivity index (χ1) is 15.7. The van der Waals surface area contributed by atoms with Gasteiger partial charge in [0.1, 0.15) is 0 Å². The second-order valence-corrected chi connectivity index (χ2v) is 12.8. The zero-order chi connectivity index (χ0) is 22.2. The van der Waals surface area contributed by atoms with Crippen molar-refractivity contribution in [3.63, 3.8) is 0 Å². The van der Waals surface area contributed by atoms with Crippen molar-refractivity contribution in [3.8, 4) is 0 Å². The SMILES string of the molecule is Cc1ccc(C(=C(CC[Se]c2ccccc2)[Se]c2ccccc2)c2ccc(C)cc2)cc1. The van der Waals surface area contributed by atoms with Gasteiger partial charge >= 0.3 is 206 Å². The van der Waals surface area contributed by atoms with E-state index >= 15 is 0 Å². The van der Waals surface area contributed by atoms with Crippen LogP contribution in [-0.2, 0) is 0 Å². The van der Waals surface area contributed by atoms with Gasteiger partial charge in [0.05, 0.1) is 0 Å². The summed E-state index contributed by atoms with van der Waals surface area (Å²) in [6.07, 6.45) is 1.14. The molecule has 0 aliphatic rings. The van der Waals surface area contributed by atoms with Crippen LogP contribution in [0.2, 0.25) is 5.32 Å². The minimum absolute atomic E-state index is 0.291. The average molecular weight is 546 g/mol. The van der Waals surface area contributed by atoms with Crippen LogP contribution in [0.5, 0.6) is 0 Å². The van der Waals surface area contributed by atoms with Crippen molar-refractivity contribution in [2.45, 2.75) is 25.6 Å². The van der Waals surface area contributed by atoms with Gasteiger partial charge in [-0.3, -0.25) is 0 Å². The van der Waals surface area contributed by atoms with E-state index < -0.39 is 0 Å². The summed E-state index contributed by atoms with van der Waals surface area (Å²) >= 11 is 0.782. The summed E-state index contributed by atoms with van der Waals surface area (Å²) in [5, 5.41) is 1.22. The Labute approximate surface area is 205 Å². The summed E-state index contributed by atoms with van der Waals surface area (Å²) in [6.45, 7) is 4.33. The summed E-state index contributed by atoms with van der Waals surface area (Å²) in [4.78, 5) is 0. The molecule has 0 spiro atoms.